The smallest absolute Gasteiger partial charge is 0.307 e. The van der Waals surface area contributed by atoms with Crippen LogP contribution in [-0.2, 0) is 11.3 Å². The monoisotopic (exact) mass is 423 g/mol. The lowest BCUT2D eigenvalue weighted by molar-refractivity contribution is -0.143. The second-order valence-electron chi connectivity index (χ2n) is 10.7. The number of likely N-dealkylation sites (tertiary alicyclic amines) is 1. The Hall–Kier alpha value is -2.07. The summed E-state index contributed by atoms with van der Waals surface area (Å²) in [5, 5.41) is 11.7. The fraction of sp³-hybridized carbons (Fsp3) is 0.593. The van der Waals surface area contributed by atoms with Gasteiger partial charge in [-0.1, -0.05) is 39.0 Å². The van der Waals surface area contributed by atoms with Crippen LogP contribution in [0.3, 0.4) is 0 Å². The highest BCUT2D eigenvalue weighted by Crippen LogP contribution is 2.39. The molecule has 4 rings (SSSR count). The molecular weight excluding hydrogens is 386 g/mol. The first-order valence-electron chi connectivity index (χ1n) is 11.9. The Morgan fingerprint density at radius 3 is 2.45 bits per heavy atom. The molecule has 2 aliphatic rings. The standard InChI is InChI=1S/C27H37NO3/c1-27(2,3)23-9-12-24(13-10-23)31-25-11-8-20-15-19(6-7-21(20)16-25)17-28-14-4-5-22(18-28)26(29)30/h6-8,11,15-16,22-24H,4-5,9-10,12-14,17-18H2,1-3H3,(H,29,30)/t22-,23?,24?/m1/s1. The van der Waals surface area contributed by atoms with Gasteiger partial charge in [-0.2, -0.15) is 0 Å². The quantitative estimate of drug-likeness (QED) is 0.629. The molecule has 1 heterocycles. The Morgan fingerprint density at radius 1 is 1.03 bits per heavy atom. The van der Waals surface area contributed by atoms with Crippen LogP contribution in [0.5, 0.6) is 5.75 Å². The predicted molar refractivity (Wildman–Crippen MR) is 125 cm³/mol. The summed E-state index contributed by atoms with van der Waals surface area (Å²) in [6, 6.07) is 13.0. The molecule has 2 fully saturated rings. The summed E-state index contributed by atoms with van der Waals surface area (Å²) in [4.78, 5) is 13.6. The maximum absolute atomic E-state index is 11.3. The van der Waals surface area contributed by atoms with Crippen LogP contribution in [0.25, 0.3) is 10.8 Å². The van der Waals surface area contributed by atoms with Crippen LogP contribution in [0.1, 0.15) is 64.9 Å². The van der Waals surface area contributed by atoms with Gasteiger partial charge in [-0.25, -0.2) is 0 Å². The van der Waals surface area contributed by atoms with Crippen LogP contribution >= 0.6 is 0 Å². The van der Waals surface area contributed by atoms with Crippen LogP contribution in [0.2, 0.25) is 0 Å². The Balaban J connectivity index is 1.37. The molecule has 4 nitrogen and oxygen atoms in total. The van der Waals surface area contributed by atoms with Gasteiger partial charge in [-0.3, -0.25) is 9.69 Å². The van der Waals surface area contributed by atoms with E-state index < -0.39 is 5.97 Å². The van der Waals surface area contributed by atoms with E-state index in [-0.39, 0.29) is 5.92 Å². The topological polar surface area (TPSA) is 49.8 Å². The van der Waals surface area contributed by atoms with Crippen molar-refractivity contribution in [2.24, 2.45) is 17.3 Å². The van der Waals surface area contributed by atoms with Gasteiger partial charge in [0.1, 0.15) is 5.75 Å². The number of carboxylic acids is 1. The van der Waals surface area contributed by atoms with E-state index in [1.165, 1.54) is 29.2 Å². The van der Waals surface area contributed by atoms with Crippen molar-refractivity contribution in [2.75, 3.05) is 13.1 Å². The number of fused-ring (bicyclic) bond motifs is 1. The van der Waals surface area contributed by atoms with Crippen molar-refractivity contribution in [3.05, 3.63) is 42.0 Å². The van der Waals surface area contributed by atoms with Crippen LogP contribution in [-0.4, -0.2) is 35.2 Å². The summed E-state index contributed by atoms with van der Waals surface area (Å²) < 4.78 is 6.35. The van der Waals surface area contributed by atoms with E-state index in [0.29, 0.717) is 18.1 Å². The Kier molecular flexibility index (Phi) is 6.57. The zero-order chi connectivity index (χ0) is 22.0. The van der Waals surface area contributed by atoms with Gasteiger partial charge in [0.15, 0.2) is 0 Å². The fourth-order valence-corrected chi connectivity index (χ4v) is 5.34. The van der Waals surface area contributed by atoms with Gasteiger partial charge >= 0.3 is 5.97 Å². The molecule has 2 aromatic rings. The zero-order valence-corrected chi connectivity index (χ0v) is 19.3. The molecule has 0 bridgehead atoms. The van der Waals surface area contributed by atoms with Gasteiger partial charge in [0.05, 0.1) is 12.0 Å². The van der Waals surface area contributed by atoms with Crippen LogP contribution in [0.15, 0.2) is 36.4 Å². The number of nitrogens with zero attached hydrogens (tertiary/aromatic N) is 1. The van der Waals surface area contributed by atoms with Crippen molar-refractivity contribution in [1.82, 2.24) is 4.90 Å². The number of piperidine rings is 1. The van der Waals surface area contributed by atoms with E-state index in [2.05, 4.69) is 62.1 Å². The highest BCUT2D eigenvalue weighted by molar-refractivity contribution is 5.84. The van der Waals surface area contributed by atoms with Crippen molar-refractivity contribution in [3.8, 4) is 5.75 Å². The van der Waals surface area contributed by atoms with E-state index in [4.69, 9.17) is 4.74 Å². The van der Waals surface area contributed by atoms with Gasteiger partial charge in [0.2, 0.25) is 0 Å². The summed E-state index contributed by atoms with van der Waals surface area (Å²) >= 11 is 0. The van der Waals surface area contributed by atoms with Gasteiger partial charge in [-0.05, 0) is 90.9 Å². The van der Waals surface area contributed by atoms with E-state index in [0.717, 1.165) is 50.4 Å². The van der Waals surface area contributed by atoms with Crippen molar-refractivity contribution < 1.29 is 14.6 Å². The molecule has 2 aromatic carbocycles. The molecule has 1 atom stereocenters. The molecule has 1 aliphatic carbocycles. The van der Waals surface area contributed by atoms with Crippen LogP contribution in [0, 0.1) is 17.3 Å². The van der Waals surface area contributed by atoms with Crippen molar-refractivity contribution in [2.45, 2.75) is 71.9 Å². The summed E-state index contributed by atoms with van der Waals surface area (Å²) in [6.07, 6.45) is 6.89. The molecule has 0 aromatic heterocycles. The molecule has 4 heteroatoms. The average Bonchev–Trinajstić information content (AvgIpc) is 2.74. The third-order valence-corrected chi connectivity index (χ3v) is 7.34. The lowest BCUT2D eigenvalue weighted by atomic mass is 9.72. The third kappa shape index (κ3) is 5.60. The number of benzene rings is 2. The predicted octanol–water partition coefficient (Wildman–Crippen LogP) is 6.12. The van der Waals surface area contributed by atoms with E-state index in [1.807, 2.05) is 0 Å². The highest BCUT2D eigenvalue weighted by atomic mass is 16.5. The molecule has 1 saturated heterocycles. The lowest BCUT2D eigenvalue weighted by Gasteiger charge is -2.37. The number of aliphatic carboxylic acids is 1. The molecule has 1 saturated carbocycles. The van der Waals surface area contributed by atoms with Crippen molar-refractivity contribution in [1.29, 1.82) is 0 Å². The normalized spacial score (nSPS) is 25.5. The molecule has 1 N–H and O–H groups in total. The average molecular weight is 424 g/mol. The summed E-state index contributed by atoms with van der Waals surface area (Å²) in [7, 11) is 0. The number of carboxylic acid groups (broad SMARTS) is 1. The van der Waals surface area contributed by atoms with E-state index in [9.17, 15) is 9.90 Å². The second kappa shape index (κ2) is 9.20. The van der Waals surface area contributed by atoms with Crippen molar-refractivity contribution >= 4 is 16.7 Å². The number of hydrogen-bond donors (Lipinski definition) is 1. The summed E-state index contributed by atoms with van der Waals surface area (Å²) in [5.74, 6) is 0.878. The fourth-order valence-electron chi connectivity index (χ4n) is 5.34. The summed E-state index contributed by atoms with van der Waals surface area (Å²) in [5.41, 5.74) is 1.64. The SMILES string of the molecule is CC(C)(C)C1CCC(Oc2ccc3cc(CN4CCC[C@@H](C(=O)O)C4)ccc3c2)CC1. The van der Waals surface area contributed by atoms with E-state index >= 15 is 0 Å². The number of rotatable bonds is 5. The Labute approximate surface area is 186 Å². The molecule has 168 valence electrons. The van der Waals surface area contributed by atoms with Crippen molar-refractivity contribution in [3.63, 3.8) is 0 Å². The molecule has 31 heavy (non-hydrogen) atoms. The highest BCUT2D eigenvalue weighted by Gasteiger charge is 2.30. The zero-order valence-electron chi connectivity index (χ0n) is 19.3. The minimum absolute atomic E-state index is 0.229. The number of hydrogen-bond acceptors (Lipinski definition) is 3. The third-order valence-electron chi connectivity index (χ3n) is 7.34. The molecule has 0 amide bonds. The minimum atomic E-state index is -0.664. The van der Waals surface area contributed by atoms with Crippen LogP contribution in [0.4, 0.5) is 0 Å². The van der Waals surface area contributed by atoms with Gasteiger partial charge in [0, 0.05) is 13.1 Å². The largest absolute Gasteiger partial charge is 0.490 e. The maximum Gasteiger partial charge on any atom is 0.307 e. The first kappa shape index (κ1) is 22.1. The molecule has 0 radical (unpaired) electrons. The first-order chi connectivity index (χ1) is 14.8. The van der Waals surface area contributed by atoms with E-state index in [1.54, 1.807) is 0 Å². The number of ether oxygens (including phenoxy) is 1. The molecule has 1 aliphatic heterocycles. The Bertz CT molecular complexity index is 908. The second-order valence-corrected chi connectivity index (χ2v) is 10.7. The first-order valence-corrected chi connectivity index (χ1v) is 11.9. The van der Waals surface area contributed by atoms with Gasteiger partial charge in [-0.15, -0.1) is 0 Å². The minimum Gasteiger partial charge on any atom is -0.490 e. The van der Waals surface area contributed by atoms with Gasteiger partial charge < -0.3 is 9.84 Å². The lowest BCUT2D eigenvalue weighted by Crippen LogP contribution is -2.38. The summed E-state index contributed by atoms with van der Waals surface area (Å²) in [6.45, 7) is 9.50. The van der Waals surface area contributed by atoms with Crippen LogP contribution < -0.4 is 4.74 Å². The number of carbonyl (C=O) groups is 1. The Morgan fingerprint density at radius 2 is 1.74 bits per heavy atom. The molecule has 0 spiro atoms. The molecular formula is C27H37NO3. The maximum atomic E-state index is 11.3. The van der Waals surface area contributed by atoms with Gasteiger partial charge in [0.25, 0.3) is 0 Å². The molecule has 0 unspecified atom stereocenters.